The van der Waals surface area contributed by atoms with Crippen LogP contribution in [-0.4, -0.2) is 38.9 Å². The molecule has 8 heteroatoms. The zero-order valence-corrected chi connectivity index (χ0v) is 13.4. The van der Waals surface area contributed by atoms with Crippen LogP contribution in [0.25, 0.3) is 0 Å². The molecule has 21 heavy (non-hydrogen) atoms. The number of pyridine rings is 1. The Labute approximate surface area is 130 Å². The summed E-state index contributed by atoms with van der Waals surface area (Å²) in [6.45, 7) is 4.95. The minimum Gasteiger partial charge on any atom is -0.480 e. The molecule has 0 unspecified atom stereocenters. The number of amides is 1. The summed E-state index contributed by atoms with van der Waals surface area (Å²) in [7, 11) is 0. The Kier molecular flexibility index (Phi) is 5.68. The molecule has 1 aromatic heterocycles. The van der Waals surface area contributed by atoms with Crippen LogP contribution >= 0.6 is 15.9 Å². The number of aromatic nitrogens is 1. The van der Waals surface area contributed by atoms with Crippen molar-refractivity contribution in [3.8, 4) is 0 Å². The van der Waals surface area contributed by atoms with Crippen LogP contribution in [0.1, 0.15) is 32.4 Å². The molecule has 1 aromatic rings. The summed E-state index contributed by atoms with van der Waals surface area (Å²) in [5.74, 6) is -1.38. The van der Waals surface area contributed by atoms with Gasteiger partial charge in [-0.2, -0.15) is 0 Å². The van der Waals surface area contributed by atoms with Gasteiger partial charge < -0.3 is 20.3 Å². The van der Waals surface area contributed by atoms with Gasteiger partial charge in [0.1, 0.15) is 16.3 Å². The van der Waals surface area contributed by atoms with Crippen LogP contribution in [0.4, 0.5) is 4.79 Å². The van der Waals surface area contributed by atoms with Crippen molar-refractivity contribution in [1.82, 2.24) is 10.3 Å². The lowest BCUT2D eigenvalue weighted by atomic mass is 10.0. The third kappa shape index (κ3) is 5.68. The minimum absolute atomic E-state index is 0.265. The summed E-state index contributed by atoms with van der Waals surface area (Å²) in [6.07, 6.45) is -1.05. The zero-order chi connectivity index (χ0) is 16.2. The highest BCUT2D eigenvalue weighted by Gasteiger charge is 2.31. The van der Waals surface area contributed by atoms with E-state index >= 15 is 0 Å². The number of nitrogens with zero attached hydrogens (tertiary/aromatic N) is 1. The van der Waals surface area contributed by atoms with E-state index in [1.54, 1.807) is 26.8 Å². The molecular formula is C13H17BrN2O5. The predicted octanol–water partition coefficient (Wildman–Crippen LogP) is 1.86. The highest BCUT2D eigenvalue weighted by molar-refractivity contribution is 9.10. The molecule has 1 amide bonds. The van der Waals surface area contributed by atoms with Crippen molar-refractivity contribution in [3.05, 3.63) is 28.5 Å². The maximum Gasteiger partial charge on any atom is 0.408 e. The Morgan fingerprint density at radius 1 is 1.38 bits per heavy atom. The Morgan fingerprint density at radius 2 is 2.00 bits per heavy atom. The lowest BCUT2D eigenvalue weighted by Gasteiger charge is -2.24. The van der Waals surface area contributed by atoms with E-state index in [0.29, 0.717) is 4.60 Å². The molecule has 7 nitrogen and oxygen atoms in total. The van der Waals surface area contributed by atoms with Gasteiger partial charge in [-0.25, -0.2) is 14.6 Å². The Hall–Kier alpha value is -1.67. The Morgan fingerprint density at radius 3 is 2.43 bits per heavy atom. The molecule has 3 N–H and O–H groups in total. The van der Waals surface area contributed by atoms with Gasteiger partial charge in [0.25, 0.3) is 0 Å². The van der Waals surface area contributed by atoms with Gasteiger partial charge in [0.05, 0.1) is 0 Å². The molecule has 0 aliphatic rings. The van der Waals surface area contributed by atoms with E-state index in [0.717, 1.165) is 0 Å². The summed E-state index contributed by atoms with van der Waals surface area (Å²) in [5, 5.41) is 21.4. The van der Waals surface area contributed by atoms with Crippen molar-refractivity contribution in [2.24, 2.45) is 0 Å². The molecule has 0 saturated heterocycles. The number of ether oxygens (including phenoxy) is 1. The molecule has 0 bridgehead atoms. The second-order valence-corrected chi connectivity index (χ2v) is 6.13. The number of halogens is 1. The van der Waals surface area contributed by atoms with E-state index in [4.69, 9.17) is 9.84 Å². The Bertz CT molecular complexity index is 512. The second kappa shape index (κ2) is 6.86. The number of nitrogens with one attached hydrogen (secondary N) is 1. The van der Waals surface area contributed by atoms with Crippen molar-refractivity contribution in [3.63, 3.8) is 0 Å². The van der Waals surface area contributed by atoms with Crippen molar-refractivity contribution in [2.45, 2.75) is 38.5 Å². The molecule has 0 spiro atoms. The summed E-state index contributed by atoms with van der Waals surface area (Å²) in [4.78, 5) is 26.8. The molecule has 0 saturated carbocycles. The van der Waals surface area contributed by atoms with Crippen LogP contribution in [0.2, 0.25) is 0 Å². The highest BCUT2D eigenvalue weighted by Crippen LogP contribution is 2.18. The molecule has 0 aliphatic heterocycles. The average Bonchev–Trinajstić information content (AvgIpc) is 2.33. The number of aliphatic hydroxyl groups excluding tert-OH is 1. The number of aliphatic carboxylic acids is 1. The van der Waals surface area contributed by atoms with Crippen LogP contribution in [0.3, 0.4) is 0 Å². The van der Waals surface area contributed by atoms with Crippen molar-refractivity contribution in [2.75, 3.05) is 0 Å². The number of carbonyl (C=O) groups excluding carboxylic acids is 1. The topological polar surface area (TPSA) is 109 Å². The van der Waals surface area contributed by atoms with E-state index in [1.165, 1.54) is 12.3 Å². The molecule has 1 rings (SSSR count). The van der Waals surface area contributed by atoms with Gasteiger partial charge in [-0.1, -0.05) is 6.07 Å². The quantitative estimate of drug-likeness (QED) is 0.707. The van der Waals surface area contributed by atoms with Gasteiger partial charge in [0.2, 0.25) is 0 Å². The summed E-state index contributed by atoms with van der Waals surface area (Å²) >= 11 is 3.14. The number of carboxylic acid groups (broad SMARTS) is 1. The number of aliphatic hydroxyl groups is 1. The SMILES string of the molecule is CC(C)(C)OC(=O)N[C@H](C(=O)O)[C@@H](O)c1ccc(Br)nc1. The van der Waals surface area contributed by atoms with Crippen molar-refractivity contribution >= 4 is 28.0 Å². The standard InChI is InChI=1S/C13H17BrN2O5/c1-13(2,3)21-12(20)16-9(11(18)19)10(17)7-4-5-8(14)15-6-7/h4-6,9-10,17H,1-3H3,(H,16,20)(H,18,19)/t9-,10-/m0/s1. The maximum absolute atomic E-state index is 11.6. The molecular weight excluding hydrogens is 344 g/mol. The van der Waals surface area contributed by atoms with Gasteiger partial charge in [0, 0.05) is 11.8 Å². The predicted molar refractivity (Wildman–Crippen MR) is 77.7 cm³/mol. The first-order valence-corrected chi connectivity index (χ1v) is 6.91. The molecule has 0 aromatic carbocycles. The first-order chi connectivity index (χ1) is 9.60. The largest absolute Gasteiger partial charge is 0.480 e. The number of carbonyl (C=O) groups is 2. The fraction of sp³-hybridized carbons (Fsp3) is 0.462. The van der Waals surface area contributed by atoms with Crippen molar-refractivity contribution < 1.29 is 24.5 Å². The fourth-order valence-corrected chi connectivity index (χ4v) is 1.70. The first-order valence-electron chi connectivity index (χ1n) is 6.12. The monoisotopic (exact) mass is 360 g/mol. The minimum atomic E-state index is -1.54. The van der Waals surface area contributed by atoms with Crippen LogP contribution < -0.4 is 5.32 Å². The number of rotatable bonds is 4. The number of carboxylic acids is 1. The summed E-state index contributed by atoms with van der Waals surface area (Å²) < 4.78 is 5.52. The first kappa shape index (κ1) is 17.4. The molecule has 0 radical (unpaired) electrons. The normalized spacial score (nSPS) is 14.1. The highest BCUT2D eigenvalue weighted by atomic mass is 79.9. The summed E-state index contributed by atoms with van der Waals surface area (Å²) in [6, 6.07) is 1.53. The van der Waals surface area contributed by atoms with Gasteiger partial charge in [-0.05, 0) is 42.8 Å². The van der Waals surface area contributed by atoms with Crippen LogP contribution in [0.15, 0.2) is 22.9 Å². The lowest BCUT2D eigenvalue weighted by Crippen LogP contribution is -2.46. The summed E-state index contributed by atoms with van der Waals surface area (Å²) in [5.41, 5.74) is -0.501. The van der Waals surface area contributed by atoms with E-state index in [-0.39, 0.29) is 5.56 Å². The smallest absolute Gasteiger partial charge is 0.408 e. The molecule has 2 atom stereocenters. The number of hydrogen-bond donors (Lipinski definition) is 3. The van der Waals surface area contributed by atoms with E-state index in [2.05, 4.69) is 26.2 Å². The third-order valence-electron chi connectivity index (χ3n) is 2.35. The zero-order valence-electron chi connectivity index (χ0n) is 11.8. The van der Waals surface area contributed by atoms with Crippen LogP contribution in [0.5, 0.6) is 0 Å². The molecule has 116 valence electrons. The maximum atomic E-state index is 11.6. The average molecular weight is 361 g/mol. The number of hydrogen-bond acceptors (Lipinski definition) is 5. The van der Waals surface area contributed by atoms with E-state index in [1.807, 2.05) is 0 Å². The second-order valence-electron chi connectivity index (χ2n) is 5.32. The van der Waals surface area contributed by atoms with Gasteiger partial charge in [-0.15, -0.1) is 0 Å². The van der Waals surface area contributed by atoms with Crippen molar-refractivity contribution in [1.29, 1.82) is 0 Å². The van der Waals surface area contributed by atoms with Crippen LogP contribution in [0, 0.1) is 0 Å². The number of alkyl carbamates (subject to hydrolysis) is 1. The third-order valence-corrected chi connectivity index (χ3v) is 2.81. The van der Waals surface area contributed by atoms with E-state index < -0.39 is 29.8 Å². The lowest BCUT2D eigenvalue weighted by molar-refractivity contribution is -0.142. The van der Waals surface area contributed by atoms with Gasteiger partial charge in [0.15, 0.2) is 6.04 Å². The Balaban J connectivity index is 2.84. The molecule has 1 heterocycles. The molecule has 0 fully saturated rings. The fourth-order valence-electron chi connectivity index (χ4n) is 1.46. The van der Waals surface area contributed by atoms with E-state index in [9.17, 15) is 14.7 Å². The molecule has 0 aliphatic carbocycles. The van der Waals surface area contributed by atoms with Crippen LogP contribution in [-0.2, 0) is 9.53 Å². The van der Waals surface area contributed by atoms with Gasteiger partial charge >= 0.3 is 12.1 Å². The van der Waals surface area contributed by atoms with Gasteiger partial charge in [-0.3, -0.25) is 0 Å².